The second-order valence-corrected chi connectivity index (χ2v) is 5.96. The number of nitrogens with zero attached hydrogens (tertiary/aromatic N) is 2. The van der Waals surface area contributed by atoms with E-state index < -0.39 is 17.6 Å². The molecule has 1 aromatic heterocycles. The molecular weight excluding hydrogens is 286 g/mol. The third-order valence-electron chi connectivity index (χ3n) is 3.53. The number of aliphatic carboxylic acids is 1. The summed E-state index contributed by atoms with van der Waals surface area (Å²) in [7, 11) is 0. The lowest BCUT2D eigenvalue weighted by Gasteiger charge is -2.41. The van der Waals surface area contributed by atoms with Crippen molar-refractivity contribution in [3.8, 4) is 0 Å². The zero-order chi connectivity index (χ0) is 16.2. The molecule has 0 radical (unpaired) electrons. The molecule has 7 heteroatoms. The fourth-order valence-electron chi connectivity index (χ4n) is 2.39. The van der Waals surface area contributed by atoms with E-state index in [2.05, 4.69) is 10.3 Å². The van der Waals surface area contributed by atoms with Gasteiger partial charge in [0, 0.05) is 25.5 Å². The molecule has 1 aromatic rings. The summed E-state index contributed by atoms with van der Waals surface area (Å²) in [5, 5.41) is 12.0. The summed E-state index contributed by atoms with van der Waals surface area (Å²) in [5.41, 5.74) is 0.484. The van der Waals surface area contributed by atoms with Crippen LogP contribution in [0, 0.1) is 0 Å². The van der Waals surface area contributed by atoms with Crippen LogP contribution in [0.5, 0.6) is 0 Å². The van der Waals surface area contributed by atoms with Gasteiger partial charge in [0.25, 0.3) is 0 Å². The van der Waals surface area contributed by atoms with E-state index in [-0.39, 0.29) is 19.1 Å². The first kappa shape index (κ1) is 16.4. The molecule has 22 heavy (non-hydrogen) atoms. The summed E-state index contributed by atoms with van der Waals surface area (Å²) >= 11 is 0. The molecule has 1 fully saturated rings. The van der Waals surface area contributed by atoms with Crippen molar-refractivity contribution in [1.29, 1.82) is 0 Å². The molecule has 1 aliphatic heterocycles. The number of carbonyl (C=O) groups is 2. The standard InChI is InChI=1S/C15H21N3O4/c1-15(2)10-18(12(9-22-15)14(20)21)8-13(19)17-7-11-3-5-16-6-4-11/h3-6,12H,7-10H2,1-2H3,(H,17,19)(H,20,21)/t12-/m0/s1. The molecule has 7 nitrogen and oxygen atoms in total. The van der Waals surface area contributed by atoms with E-state index in [1.54, 1.807) is 17.3 Å². The number of carboxylic acids is 1. The Morgan fingerprint density at radius 2 is 2.14 bits per heavy atom. The zero-order valence-corrected chi connectivity index (χ0v) is 12.8. The van der Waals surface area contributed by atoms with Gasteiger partial charge in [-0.3, -0.25) is 19.5 Å². The molecule has 0 spiro atoms. The van der Waals surface area contributed by atoms with Gasteiger partial charge in [0.05, 0.1) is 18.8 Å². The Balaban J connectivity index is 1.91. The van der Waals surface area contributed by atoms with E-state index in [9.17, 15) is 14.7 Å². The van der Waals surface area contributed by atoms with Gasteiger partial charge in [0.15, 0.2) is 0 Å². The Labute approximate surface area is 129 Å². The maximum Gasteiger partial charge on any atom is 0.323 e. The maximum atomic E-state index is 12.1. The second kappa shape index (κ2) is 6.85. The molecule has 1 saturated heterocycles. The van der Waals surface area contributed by atoms with Crippen LogP contribution < -0.4 is 5.32 Å². The quantitative estimate of drug-likeness (QED) is 0.811. The maximum absolute atomic E-state index is 12.1. The van der Waals surface area contributed by atoms with Gasteiger partial charge in [0.2, 0.25) is 5.91 Å². The highest BCUT2D eigenvalue weighted by molar-refractivity contribution is 5.80. The third-order valence-corrected chi connectivity index (χ3v) is 3.53. The molecule has 0 aromatic carbocycles. The van der Waals surface area contributed by atoms with Crippen molar-refractivity contribution in [2.75, 3.05) is 19.7 Å². The van der Waals surface area contributed by atoms with Crippen molar-refractivity contribution in [3.05, 3.63) is 30.1 Å². The summed E-state index contributed by atoms with van der Waals surface area (Å²) in [4.78, 5) is 28.9. The summed E-state index contributed by atoms with van der Waals surface area (Å²) in [5.74, 6) is -1.18. The van der Waals surface area contributed by atoms with Gasteiger partial charge >= 0.3 is 5.97 Å². The Morgan fingerprint density at radius 1 is 1.45 bits per heavy atom. The van der Waals surface area contributed by atoms with Crippen LogP contribution in [0.25, 0.3) is 0 Å². The molecule has 120 valence electrons. The van der Waals surface area contributed by atoms with E-state index in [1.807, 2.05) is 26.0 Å². The number of rotatable bonds is 5. The number of pyridine rings is 1. The first-order valence-corrected chi connectivity index (χ1v) is 7.14. The molecule has 0 saturated carbocycles. The predicted molar refractivity (Wildman–Crippen MR) is 79.1 cm³/mol. The molecule has 1 amide bonds. The molecule has 1 atom stereocenters. The SMILES string of the molecule is CC1(C)CN(CC(=O)NCc2ccncc2)[C@H](C(=O)O)CO1. The summed E-state index contributed by atoms with van der Waals surface area (Å²) in [6.45, 7) is 4.67. The van der Waals surface area contributed by atoms with Crippen molar-refractivity contribution < 1.29 is 19.4 Å². The third kappa shape index (κ3) is 4.51. The Morgan fingerprint density at radius 3 is 2.77 bits per heavy atom. The van der Waals surface area contributed by atoms with Crippen LogP contribution in [0.3, 0.4) is 0 Å². The van der Waals surface area contributed by atoms with Gasteiger partial charge in [-0.1, -0.05) is 0 Å². The van der Waals surface area contributed by atoms with Crippen molar-refractivity contribution in [2.24, 2.45) is 0 Å². The van der Waals surface area contributed by atoms with Gasteiger partial charge in [-0.2, -0.15) is 0 Å². The van der Waals surface area contributed by atoms with Gasteiger partial charge < -0.3 is 15.2 Å². The van der Waals surface area contributed by atoms with Crippen LogP contribution in [0.2, 0.25) is 0 Å². The van der Waals surface area contributed by atoms with E-state index >= 15 is 0 Å². The van der Waals surface area contributed by atoms with Crippen LogP contribution in [0.1, 0.15) is 19.4 Å². The van der Waals surface area contributed by atoms with E-state index in [4.69, 9.17) is 4.74 Å². The minimum Gasteiger partial charge on any atom is -0.480 e. The summed E-state index contributed by atoms with van der Waals surface area (Å²) in [6, 6.07) is 2.84. The number of carboxylic acid groups (broad SMARTS) is 1. The van der Waals surface area contributed by atoms with Crippen LogP contribution >= 0.6 is 0 Å². The molecule has 2 heterocycles. The molecule has 0 aliphatic carbocycles. The monoisotopic (exact) mass is 307 g/mol. The summed E-state index contributed by atoms with van der Waals surface area (Å²) in [6.07, 6.45) is 3.32. The largest absolute Gasteiger partial charge is 0.480 e. The predicted octanol–water partition coefficient (Wildman–Crippen LogP) is 0.262. The average molecular weight is 307 g/mol. The Kier molecular flexibility index (Phi) is 5.10. The van der Waals surface area contributed by atoms with Crippen molar-refractivity contribution >= 4 is 11.9 Å². The van der Waals surface area contributed by atoms with Crippen LogP contribution in [-0.2, 0) is 20.9 Å². The highest BCUT2D eigenvalue weighted by atomic mass is 16.5. The van der Waals surface area contributed by atoms with Crippen LogP contribution in [0.4, 0.5) is 0 Å². The number of amides is 1. The average Bonchev–Trinajstić information content (AvgIpc) is 2.45. The lowest BCUT2D eigenvalue weighted by Crippen LogP contribution is -2.58. The number of hydrogen-bond acceptors (Lipinski definition) is 5. The van der Waals surface area contributed by atoms with E-state index in [1.165, 1.54) is 0 Å². The minimum atomic E-state index is -0.975. The normalized spacial score (nSPS) is 21.3. The smallest absolute Gasteiger partial charge is 0.323 e. The molecular formula is C15H21N3O4. The Hall–Kier alpha value is -1.99. The highest BCUT2D eigenvalue weighted by Gasteiger charge is 2.38. The Bertz CT molecular complexity index is 533. The summed E-state index contributed by atoms with van der Waals surface area (Å²) < 4.78 is 5.52. The van der Waals surface area contributed by atoms with E-state index in [0.29, 0.717) is 13.1 Å². The van der Waals surface area contributed by atoms with Crippen molar-refractivity contribution in [1.82, 2.24) is 15.2 Å². The fourth-order valence-corrected chi connectivity index (χ4v) is 2.39. The molecule has 2 N–H and O–H groups in total. The van der Waals surface area contributed by atoms with E-state index in [0.717, 1.165) is 5.56 Å². The number of hydrogen-bond donors (Lipinski definition) is 2. The molecule has 0 bridgehead atoms. The first-order valence-electron chi connectivity index (χ1n) is 7.14. The minimum absolute atomic E-state index is 0.0365. The topological polar surface area (TPSA) is 91.8 Å². The molecule has 1 aliphatic rings. The second-order valence-electron chi connectivity index (χ2n) is 5.96. The fraction of sp³-hybridized carbons (Fsp3) is 0.533. The number of morpholine rings is 1. The van der Waals surface area contributed by atoms with Gasteiger partial charge in [0.1, 0.15) is 6.04 Å². The number of nitrogens with one attached hydrogen (secondary N) is 1. The zero-order valence-electron chi connectivity index (χ0n) is 12.8. The van der Waals surface area contributed by atoms with Crippen molar-refractivity contribution in [3.63, 3.8) is 0 Å². The highest BCUT2D eigenvalue weighted by Crippen LogP contribution is 2.20. The van der Waals surface area contributed by atoms with Gasteiger partial charge in [-0.05, 0) is 31.5 Å². The van der Waals surface area contributed by atoms with Gasteiger partial charge in [-0.25, -0.2) is 0 Å². The lowest BCUT2D eigenvalue weighted by molar-refractivity contribution is -0.163. The molecule has 0 unspecified atom stereocenters. The number of aromatic nitrogens is 1. The lowest BCUT2D eigenvalue weighted by atomic mass is 10.0. The van der Waals surface area contributed by atoms with Crippen LogP contribution in [-0.4, -0.2) is 58.2 Å². The first-order chi connectivity index (χ1) is 10.4. The number of carbonyl (C=O) groups excluding carboxylic acids is 1. The van der Waals surface area contributed by atoms with Gasteiger partial charge in [-0.15, -0.1) is 0 Å². The van der Waals surface area contributed by atoms with Crippen molar-refractivity contribution in [2.45, 2.75) is 32.0 Å². The molecule has 2 rings (SSSR count). The van der Waals surface area contributed by atoms with Crippen LogP contribution in [0.15, 0.2) is 24.5 Å². The number of ether oxygens (including phenoxy) is 1.